The average molecular weight is 445 g/mol. The van der Waals surface area contributed by atoms with Crippen LogP contribution in [0, 0.1) is 6.92 Å². The van der Waals surface area contributed by atoms with Crippen molar-refractivity contribution in [3.63, 3.8) is 0 Å². The molecule has 3 N–H and O–H groups in total. The second kappa shape index (κ2) is 9.07. The van der Waals surface area contributed by atoms with Crippen LogP contribution in [-0.4, -0.2) is 27.1 Å². The molecule has 0 saturated heterocycles. The molecule has 4 rings (SSSR count). The summed E-state index contributed by atoms with van der Waals surface area (Å²) >= 11 is 1.14. The van der Waals surface area contributed by atoms with E-state index in [2.05, 4.69) is 10.3 Å². The number of carbonyl (C=O) groups excluding carboxylic acids is 2. The minimum absolute atomic E-state index is 0.0102. The molecule has 0 saturated carbocycles. The highest BCUT2D eigenvalue weighted by atomic mass is 32.2. The van der Waals surface area contributed by atoms with Crippen molar-refractivity contribution >= 4 is 40.2 Å². The molecule has 0 radical (unpaired) electrons. The van der Waals surface area contributed by atoms with E-state index in [9.17, 15) is 14.4 Å². The van der Waals surface area contributed by atoms with E-state index in [0.717, 1.165) is 17.3 Å². The minimum Gasteiger partial charge on any atom is -0.366 e. The maximum atomic E-state index is 13.2. The first kappa shape index (κ1) is 21.3. The number of nitrogens with zero attached hydrogens (tertiary/aromatic N) is 2. The second-order valence-corrected chi connectivity index (χ2v) is 8.08. The van der Waals surface area contributed by atoms with Gasteiger partial charge in [-0.05, 0) is 43.3 Å². The van der Waals surface area contributed by atoms with Crippen LogP contribution in [0.3, 0.4) is 0 Å². The average Bonchev–Trinajstić information content (AvgIpc) is 2.79. The zero-order valence-electron chi connectivity index (χ0n) is 17.2. The quantitative estimate of drug-likeness (QED) is 0.350. The number of benzene rings is 3. The normalized spacial score (nSPS) is 10.8. The summed E-state index contributed by atoms with van der Waals surface area (Å²) in [7, 11) is 0. The number of rotatable bonds is 6. The number of fused-ring (bicyclic) bond motifs is 1. The van der Waals surface area contributed by atoms with Gasteiger partial charge >= 0.3 is 0 Å². The highest BCUT2D eigenvalue weighted by molar-refractivity contribution is 7.99. The number of hydrogen-bond acceptors (Lipinski definition) is 5. The number of carbonyl (C=O) groups is 2. The lowest BCUT2D eigenvalue weighted by Gasteiger charge is -2.14. The molecular weight excluding hydrogens is 424 g/mol. The zero-order valence-corrected chi connectivity index (χ0v) is 18.1. The Morgan fingerprint density at radius 3 is 2.44 bits per heavy atom. The largest absolute Gasteiger partial charge is 0.366 e. The molecule has 0 fully saturated rings. The standard InChI is InChI=1S/C24H20N4O3S/c1-15-10-12-16(13-11-15)28-23(31)18-7-3-5-9-20(18)27-24(28)32-14-21(29)26-19-8-4-2-6-17(19)22(25)30/h2-13H,14H2,1H3,(H2,25,30)(H,26,29). The van der Waals surface area contributed by atoms with Crippen molar-refractivity contribution < 1.29 is 9.59 Å². The Morgan fingerprint density at radius 2 is 1.69 bits per heavy atom. The van der Waals surface area contributed by atoms with Gasteiger partial charge in [-0.3, -0.25) is 19.0 Å². The maximum absolute atomic E-state index is 13.2. The monoisotopic (exact) mass is 444 g/mol. The molecule has 0 atom stereocenters. The van der Waals surface area contributed by atoms with Crippen LogP contribution in [0.15, 0.2) is 82.7 Å². The number of amides is 2. The van der Waals surface area contributed by atoms with Gasteiger partial charge in [0, 0.05) is 0 Å². The molecule has 1 aromatic heterocycles. The summed E-state index contributed by atoms with van der Waals surface area (Å²) in [6, 6.07) is 21.2. The molecule has 32 heavy (non-hydrogen) atoms. The van der Waals surface area contributed by atoms with Crippen molar-refractivity contribution in [3.8, 4) is 5.69 Å². The topological polar surface area (TPSA) is 107 Å². The Morgan fingerprint density at radius 1 is 1.00 bits per heavy atom. The zero-order chi connectivity index (χ0) is 22.7. The van der Waals surface area contributed by atoms with E-state index in [1.165, 1.54) is 4.57 Å². The third kappa shape index (κ3) is 4.40. The van der Waals surface area contributed by atoms with Gasteiger partial charge in [-0.25, -0.2) is 4.98 Å². The molecule has 7 nitrogen and oxygen atoms in total. The SMILES string of the molecule is Cc1ccc(-n2c(SCC(=O)Nc3ccccc3C(N)=O)nc3ccccc3c2=O)cc1. The summed E-state index contributed by atoms with van der Waals surface area (Å²) in [5, 5.41) is 3.60. The van der Waals surface area contributed by atoms with E-state index in [-0.39, 0.29) is 22.8 Å². The molecule has 2 amide bonds. The highest BCUT2D eigenvalue weighted by Gasteiger charge is 2.16. The first-order valence-electron chi connectivity index (χ1n) is 9.84. The van der Waals surface area contributed by atoms with Crippen molar-refractivity contribution in [1.82, 2.24) is 9.55 Å². The number of thioether (sulfide) groups is 1. The number of para-hydroxylation sites is 2. The second-order valence-electron chi connectivity index (χ2n) is 7.13. The lowest BCUT2D eigenvalue weighted by Crippen LogP contribution is -2.23. The van der Waals surface area contributed by atoms with Gasteiger partial charge in [0.2, 0.25) is 5.91 Å². The van der Waals surface area contributed by atoms with Crippen molar-refractivity contribution in [2.45, 2.75) is 12.1 Å². The lowest BCUT2D eigenvalue weighted by molar-refractivity contribution is -0.113. The lowest BCUT2D eigenvalue weighted by atomic mass is 10.1. The van der Waals surface area contributed by atoms with E-state index < -0.39 is 5.91 Å². The molecule has 160 valence electrons. The minimum atomic E-state index is -0.627. The van der Waals surface area contributed by atoms with E-state index >= 15 is 0 Å². The summed E-state index contributed by atoms with van der Waals surface area (Å²) in [5.41, 5.74) is 8.03. The Hall–Kier alpha value is -3.91. The first-order chi connectivity index (χ1) is 15.4. The molecule has 0 spiro atoms. The van der Waals surface area contributed by atoms with Crippen molar-refractivity contribution in [1.29, 1.82) is 0 Å². The molecule has 4 aromatic rings. The molecule has 0 bridgehead atoms. The fourth-order valence-electron chi connectivity index (χ4n) is 3.25. The number of anilines is 1. The van der Waals surface area contributed by atoms with Crippen LogP contribution >= 0.6 is 11.8 Å². The van der Waals surface area contributed by atoms with Crippen molar-refractivity contribution in [3.05, 3.63) is 94.3 Å². The van der Waals surface area contributed by atoms with Crippen LogP contribution in [0.5, 0.6) is 0 Å². The van der Waals surface area contributed by atoms with Gasteiger partial charge in [0.1, 0.15) is 0 Å². The molecule has 0 aliphatic carbocycles. The van der Waals surface area contributed by atoms with Crippen LogP contribution in [-0.2, 0) is 4.79 Å². The van der Waals surface area contributed by atoms with Gasteiger partial charge in [-0.15, -0.1) is 0 Å². The summed E-state index contributed by atoms with van der Waals surface area (Å²) in [4.78, 5) is 42.1. The smallest absolute Gasteiger partial charge is 0.266 e. The Kier molecular flexibility index (Phi) is 6.04. The number of nitrogens with one attached hydrogen (secondary N) is 1. The molecule has 1 heterocycles. The molecule has 0 aliphatic heterocycles. The fourth-order valence-corrected chi connectivity index (χ4v) is 4.07. The fraction of sp³-hybridized carbons (Fsp3) is 0.0833. The van der Waals surface area contributed by atoms with Crippen LogP contribution in [0.25, 0.3) is 16.6 Å². The van der Waals surface area contributed by atoms with Crippen molar-refractivity contribution in [2.24, 2.45) is 5.73 Å². The highest BCUT2D eigenvalue weighted by Crippen LogP contribution is 2.22. The van der Waals surface area contributed by atoms with Crippen LogP contribution in [0.4, 0.5) is 5.69 Å². The third-order valence-corrected chi connectivity index (χ3v) is 5.77. The number of nitrogens with two attached hydrogens (primary N) is 1. The number of hydrogen-bond donors (Lipinski definition) is 2. The van der Waals surface area contributed by atoms with Crippen LogP contribution in [0.2, 0.25) is 0 Å². The van der Waals surface area contributed by atoms with E-state index in [1.54, 1.807) is 42.5 Å². The molecule has 0 unspecified atom stereocenters. The summed E-state index contributed by atoms with van der Waals surface area (Å²) in [6.45, 7) is 1.97. The number of aromatic nitrogens is 2. The van der Waals surface area contributed by atoms with Crippen LogP contribution < -0.4 is 16.6 Å². The number of primary amides is 1. The predicted octanol–water partition coefficient (Wildman–Crippen LogP) is 3.52. The predicted molar refractivity (Wildman–Crippen MR) is 126 cm³/mol. The van der Waals surface area contributed by atoms with E-state index in [1.807, 2.05) is 37.3 Å². The van der Waals surface area contributed by atoms with Gasteiger partial charge in [0.05, 0.1) is 33.6 Å². The Labute approximate surface area is 188 Å². The van der Waals surface area contributed by atoms with Gasteiger partial charge in [-0.2, -0.15) is 0 Å². The third-order valence-electron chi connectivity index (χ3n) is 4.84. The van der Waals surface area contributed by atoms with Gasteiger partial charge < -0.3 is 11.1 Å². The Bertz CT molecular complexity index is 1380. The summed E-state index contributed by atoms with van der Waals surface area (Å²) in [5.74, 6) is -0.983. The van der Waals surface area contributed by atoms with Crippen LogP contribution in [0.1, 0.15) is 15.9 Å². The summed E-state index contributed by atoms with van der Waals surface area (Å²) in [6.07, 6.45) is 0. The number of aryl methyl sites for hydroxylation is 1. The Balaban J connectivity index is 1.66. The first-order valence-corrected chi connectivity index (χ1v) is 10.8. The summed E-state index contributed by atoms with van der Waals surface area (Å²) < 4.78 is 1.51. The van der Waals surface area contributed by atoms with E-state index in [0.29, 0.717) is 27.4 Å². The molecule has 0 aliphatic rings. The van der Waals surface area contributed by atoms with E-state index in [4.69, 9.17) is 5.73 Å². The maximum Gasteiger partial charge on any atom is 0.266 e. The van der Waals surface area contributed by atoms with Gasteiger partial charge in [0.25, 0.3) is 11.5 Å². The molecule has 8 heteroatoms. The molecule has 3 aromatic carbocycles. The van der Waals surface area contributed by atoms with Gasteiger partial charge in [0.15, 0.2) is 5.16 Å². The van der Waals surface area contributed by atoms with Gasteiger partial charge in [-0.1, -0.05) is 53.7 Å². The van der Waals surface area contributed by atoms with Crippen molar-refractivity contribution in [2.75, 3.05) is 11.1 Å². The molecular formula is C24H20N4O3S.